The number of amides is 2. The van der Waals surface area contributed by atoms with E-state index in [4.69, 9.17) is 9.26 Å². The molecule has 1 aromatic heterocycles. The van der Waals surface area contributed by atoms with Crippen molar-refractivity contribution in [2.24, 2.45) is 0 Å². The Morgan fingerprint density at radius 2 is 1.97 bits per heavy atom. The van der Waals surface area contributed by atoms with Crippen LogP contribution in [0.5, 0.6) is 0 Å². The summed E-state index contributed by atoms with van der Waals surface area (Å²) in [7, 11) is 0. The van der Waals surface area contributed by atoms with Crippen molar-refractivity contribution in [3.63, 3.8) is 0 Å². The third kappa shape index (κ3) is 4.26. The zero-order valence-electron chi connectivity index (χ0n) is 19.1. The predicted molar refractivity (Wildman–Crippen MR) is 116 cm³/mol. The molecule has 9 heteroatoms. The number of hydrogen-bond donors (Lipinski definition) is 0. The first-order chi connectivity index (χ1) is 15.6. The van der Waals surface area contributed by atoms with Gasteiger partial charge in [-0.3, -0.25) is 9.59 Å². The largest absolute Gasteiger partial charge is 0.360 e. The molecule has 1 aromatic rings. The van der Waals surface area contributed by atoms with E-state index in [9.17, 15) is 18.4 Å². The van der Waals surface area contributed by atoms with Crippen molar-refractivity contribution in [2.45, 2.75) is 70.2 Å². The van der Waals surface area contributed by atoms with Gasteiger partial charge in [0.2, 0.25) is 0 Å². The number of fused-ring (bicyclic) bond motifs is 1. The number of allylic oxidation sites excluding steroid dienone is 3. The zero-order valence-corrected chi connectivity index (χ0v) is 19.1. The first-order valence-corrected chi connectivity index (χ1v) is 11.3. The quantitative estimate of drug-likeness (QED) is 0.608. The second kappa shape index (κ2) is 8.85. The molecule has 0 bridgehead atoms. The molecule has 0 saturated carbocycles. The number of piperidine rings is 1. The van der Waals surface area contributed by atoms with Crippen molar-refractivity contribution in [1.29, 1.82) is 0 Å². The average molecular weight is 462 g/mol. The van der Waals surface area contributed by atoms with Crippen LogP contribution in [0.25, 0.3) is 0 Å². The number of carbonyl (C=O) groups is 2. The minimum Gasteiger partial charge on any atom is -0.360 e. The van der Waals surface area contributed by atoms with Gasteiger partial charge in [-0.1, -0.05) is 25.6 Å². The lowest BCUT2D eigenvalue weighted by Crippen LogP contribution is -2.52. The monoisotopic (exact) mass is 461 g/mol. The molecule has 0 radical (unpaired) electrons. The van der Waals surface area contributed by atoms with Gasteiger partial charge in [-0.05, 0) is 31.4 Å². The number of likely N-dealkylation sites (tertiary alicyclic amines) is 1. The molecule has 0 aliphatic carbocycles. The summed E-state index contributed by atoms with van der Waals surface area (Å²) in [5.41, 5.74) is -0.140. The Morgan fingerprint density at radius 1 is 1.27 bits per heavy atom. The van der Waals surface area contributed by atoms with E-state index < -0.39 is 29.5 Å². The highest BCUT2D eigenvalue weighted by Crippen LogP contribution is 2.44. The molecule has 0 unspecified atom stereocenters. The average Bonchev–Trinajstić information content (AvgIpc) is 3.44. The van der Waals surface area contributed by atoms with Gasteiger partial charge in [-0.2, -0.15) is 0 Å². The first kappa shape index (κ1) is 23.4. The Kier molecular flexibility index (Phi) is 6.26. The van der Waals surface area contributed by atoms with Gasteiger partial charge in [0.15, 0.2) is 11.4 Å². The summed E-state index contributed by atoms with van der Waals surface area (Å²) in [5, 5.41) is 3.77. The first-order valence-electron chi connectivity index (χ1n) is 11.3. The van der Waals surface area contributed by atoms with E-state index in [0.29, 0.717) is 55.7 Å². The number of hydrogen-bond acceptors (Lipinski definition) is 5. The van der Waals surface area contributed by atoms with Gasteiger partial charge in [0.25, 0.3) is 11.8 Å². The van der Waals surface area contributed by atoms with Crippen LogP contribution in [0, 0.1) is 0 Å². The fourth-order valence-corrected chi connectivity index (χ4v) is 4.98. The topological polar surface area (TPSA) is 75.9 Å². The van der Waals surface area contributed by atoms with Crippen LogP contribution in [-0.4, -0.2) is 57.7 Å². The Hall–Kier alpha value is -2.81. The number of carbonyl (C=O) groups excluding carboxylic acids is 2. The van der Waals surface area contributed by atoms with Crippen molar-refractivity contribution in [1.82, 2.24) is 15.0 Å². The van der Waals surface area contributed by atoms with E-state index in [1.165, 1.54) is 12.3 Å². The molecule has 3 fully saturated rings. The Bertz CT molecular complexity index is 1020. The molecule has 1 spiro atoms. The molecule has 0 aromatic carbocycles. The minimum atomic E-state index is -0.992. The molecule has 4 rings (SSSR count). The predicted octanol–water partition coefficient (Wildman–Crippen LogP) is 4.40. The van der Waals surface area contributed by atoms with Crippen LogP contribution in [0.4, 0.5) is 8.78 Å². The number of nitrogens with zero attached hydrogens (tertiary/aromatic N) is 3. The minimum absolute atomic E-state index is 0.0303. The second-order valence-corrected chi connectivity index (χ2v) is 9.26. The van der Waals surface area contributed by atoms with Gasteiger partial charge in [-0.15, -0.1) is 0 Å². The smallest absolute Gasteiger partial charge is 0.259 e. The lowest BCUT2D eigenvalue weighted by molar-refractivity contribution is -0.142. The van der Waals surface area contributed by atoms with Crippen LogP contribution in [0.2, 0.25) is 0 Å². The Morgan fingerprint density at radius 3 is 2.61 bits per heavy atom. The standard InChI is InChI=1S/C24H29F2N3O4/c1-14(2)21-18(13-27-33-21)22(30)28-9-7-24(8-10-28)23(31)29-19(5-6-20(29)32-24)15(3)11-17(26)12-16(4)25/h11-14,19-20H,3,5-10H2,1-2,4H3/b16-12+,17-11+/t19-,20+/m0/s1. The molecule has 4 heterocycles. The van der Waals surface area contributed by atoms with Gasteiger partial charge in [0, 0.05) is 37.9 Å². The molecular weight excluding hydrogens is 432 g/mol. The van der Waals surface area contributed by atoms with Gasteiger partial charge < -0.3 is 19.1 Å². The van der Waals surface area contributed by atoms with E-state index in [1.54, 1.807) is 9.80 Å². The van der Waals surface area contributed by atoms with E-state index in [-0.39, 0.29) is 17.7 Å². The summed E-state index contributed by atoms with van der Waals surface area (Å²) in [6.07, 6.45) is 4.96. The van der Waals surface area contributed by atoms with Gasteiger partial charge in [0.05, 0.1) is 18.1 Å². The third-order valence-electron chi connectivity index (χ3n) is 6.62. The summed E-state index contributed by atoms with van der Waals surface area (Å²) in [4.78, 5) is 29.8. The van der Waals surface area contributed by atoms with E-state index in [1.807, 2.05) is 13.8 Å². The van der Waals surface area contributed by atoms with Crippen LogP contribution >= 0.6 is 0 Å². The summed E-state index contributed by atoms with van der Waals surface area (Å²) >= 11 is 0. The molecule has 2 atom stereocenters. The molecule has 3 aliphatic heterocycles. The SMILES string of the molecule is C=C(/C=C(F)\C=C(/C)F)[C@@H]1CC[C@H]2OC3(CCN(C(=O)c4cnoc4C(C)C)CC3)C(=O)N21. The van der Waals surface area contributed by atoms with E-state index >= 15 is 0 Å². The molecule has 3 aliphatic rings. The van der Waals surface area contributed by atoms with Gasteiger partial charge in [0.1, 0.15) is 17.6 Å². The fraction of sp³-hybridized carbons (Fsp3) is 0.542. The summed E-state index contributed by atoms with van der Waals surface area (Å²) in [5.74, 6) is -1.12. The van der Waals surface area contributed by atoms with Crippen molar-refractivity contribution >= 4 is 11.8 Å². The van der Waals surface area contributed by atoms with Crippen molar-refractivity contribution < 1.29 is 27.6 Å². The van der Waals surface area contributed by atoms with Crippen LogP contribution in [0.3, 0.4) is 0 Å². The lowest BCUT2D eigenvalue weighted by Gasteiger charge is -2.37. The van der Waals surface area contributed by atoms with Crippen molar-refractivity contribution in [2.75, 3.05) is 13.1 Å². The Balaban J connectivity index is 1.44. The van der Waals surface area contributed by atoms with Crippen LogP contribution in [-0.2, 0) is 9.53 Å². The molecule has 0 N–H and O–H groups in total. The molecular formula is C24H29F2N3O4. The number of ether oxygens (including phenoxy) is 1. The maximum Gasteiger partial charge on any atom is 0.259 e. The number of aromatic nitrogens is 1. The summed E-state index contributed by atoms with van der Waals surface area (Å²) in [6, 6.07) is -0.397. The normalized spacial score (nSPS) is 25.3. The van der Waals surface area contributed by atoms with Gasteiger partial charge >= 0.3 is 0 Å². The third-order valence-corrected chi connectivity index (χ3v) is 6.62. The maximum atomic E-state index is 14.0. The summed E-state index contributed by atoms with van der Waals surface area (Å²) < 4.78 is 38.4. The van der Waals surface area contributed by atoms with Crippen LogP contribution in [0.1, 0.15) is 68.5 Å². The summed E-state index contributed by atoms with van der Waals surface area (Å²) in [6.45, 7) is 9.68. The number of rotatable bonds is 5. The van der Waals surface area contributed by atoms with E-state index in [0.717, 1.165) is 13.0 Å². The zero-order chi connectivity index (χ0) is 23.9. The highest BCUT2D eigenvalue weighted by Gasteiger charge is 2.58. The second-order valence-electron chi connectivity index (χ2n) is 9.26. The Labute approximate surface area is 191 Å². The van der Waals surface area contributed by atoms with Gasteiger partial charge in [-0.25, -0.2) is 8.78 Å². The lowest BCUT2D eigenvalue weighted by atomic mass is 9.89. The maximum absolute atomic E-state index is 14.0. The van der Waals surface area contributed by atoms with E-state index in [2.05, 4.69) is 11.7 Å². The molecule has 3 saturated heterocycles. The highest BCUT2D eigenvalue weighted by molar-refractivity contribution is 5.95. The van der Waals surface area contributed by atoms with Crippen LogP contribution < -0.4 is 0 Å². The number of halogens is 2. The molecule has 2 amide bonds. The fourth-order valence-electron chi connectivity index (χ4n) is 4.98. The molecule has 178 valence electrons. The molecule has 33 heavy (non-hydrogen) atoms. The van der Waals surface area contributed by atoms with Crippen LogP contribution in [0.15, 0.2) is 46.7 Å². The molecule has 7 nitrogen and oxygen atoms in total. The van der Waals surface area contributed by atoms with Crippen molar-refractivity contribution in [3.05, 3.63) is 53.5 Å². The van der Waals surface area contributed by atoms with Crippen molar-refractivity contribution in [3.8, 4) is 0 Å². The highest BCUT2D eigenvalue weighted by atomic mass is 19.1.